The third kappa shape index (κ3) is 4.89. The van der Waals surface area contributed by atoms with Crippen LogP contribution in [0.1, 0.15) is 30.5 Å². The van der Waals surface area contributed by atoms with Crippen molar-refractivity contribution in [2.75, 3.05) is 0 Å². The summed E-state index contributed by atoms with van der Waals surface area (Å²) >= 11 is 60.2. The molecule has 1 aromatic rings. The highest BCUT2D eigenvalue weighted by molar-refractivity contribution is 6.76. The number of hydrogen-bond acceptors (Lipinski definition) is 0. The van der Waals surface area contributed by atoms with Crippen molar-refractivity contribution in [3.05, 3.63) is 40.8 Å². The van der Waals surface area contributed by atoms with Crippen LogP contribution < -0.4 is 0 Å². The highest BCUT2D eigenvalue weighted by Gasteiger charge is 2.51. The van der Waals surface area contributed by atoms with E-state index in [1.165, 1.54) is 6.07 Å². The molecule has 0 saturated heterocycles. The second-order valence-corrected chi connectivity index (χ2v) is 12.1. The first-order valence-corrected chi connectivity index (χ1v) is 9.66. The van der Waals surface area contributed by atoms with Gasteiger partial charge in [0, 0.05) is 0 Å². The van der Waals surface area contributed by atoms with E-state index in [-0.39, 0.29) is 11.1 Å². The fourth-order valence-corrected chi connectivity index (χ4v) is 2.93. The zero-order valence-corrected chi connectivity index (χ0v) is 19.1. The second kappa shape index (κ2) is 7.63. The predicted octanol–water partition coefficient (Wildman–Crippen LogP) is 8.65. The van der Waals surface area contributed by atoms with Gasteiger partial charge in [0.1, 0.15) is 0 Å². The number of halogens is 10. The van der Waals surface area contributed by atoms with Crippen molar-refractivity contribution in [2.24, 2.45) is 0 Å². The van der Waals surface area contributed by atoms with Gasteiger partial charge in [0.05, 0.1) is 0 Å². The fraction of sp³-hybridized carbons (Fsp3) is 0.462. The van der Waals surface area contributed by atoms with E-state index in [1.807, 2.05) is 13.8 Å². The highest BCUT2D eigenvalue weighted by Crippen LogP contribution is 2.57. The van der Waals surface area contributed by atoms with Gasteiger partial charge in [-0.1, -0.05) is 142 Å². The predicted molar refractivity (Wildman–Crippen MR) is 107 cm³/mol. The third-order valence-corrected chi connectivity index (χ3v) is 7.81. The summed E-state index contributed by atoms with van der Waals surface area (Å²) in [6, 6.07) is 4.69. The molecular weight excluding hydrogens is 511 g/mol. The van der Waals surface area contributed by atoms with Crippen LogP contribution >= 0.6 is 116 Å². The summed E-state index contributed by atoms with van der Waals surface area (Å²) in [6.07, 6.45) is 0. The number of hydrogen-bond donors (Lipinski definition) is 0. The fourth-order valence-electron chi connectivity index (χ4n) is 1.75. The van der Waals surface area contributed by atoms with E-state index in [2.05, 4.69) is 0 Å². The maximum Gasteiger partial charge on any atom is 0.227 e. The molecule has 0 unspecified atom stereocenters. The van der Waals surface area contributed by atoms with Crippen molar-refractivity contribution in [1.82, 2.24) is 0 Å². The first kappa shape index (κ1) is 23.2. The monoisotopic (exact) mass is 515 g/mol. The molecule has 131 valence electrons. The van der Waals surface area contributed by atoms with Crippen LogP contribution in [0.5, 0.6) is 0 Å². The Balaban J connectivity index is 3.65. The molecular formula is C13H9Cl10. The van der Waals surface area contributed by atoms with E-state index in [1.54, 1.807) is 12.1 Å². The zero-order chi connectivity index (χ0) is 18.4. The average Bonchev–Trinajstić information content (AvgIpc) is 2.35. The van der Waals surface area contributed by atoms with Gasteiger partial charge in [0.2, 0.25) is 7.59 Å². The zero-order valence-electron chi connectivity index (χ0n) is 11.5. The molecule has 0 fully saturated rings. The van der Waals surface area contributed by atoms with Crippen LogP contribution in [-0.4, -0.2) is 7.59 Å². The molecule has 0 spiro atoms. The molecule has 23 heavy (non-hydrogen) atoms. The van der Waals surface area contributed by atoms with E-state index < -0.39 is 16.3 Å². The van der Waals surface area contributed by atoms with Gasteiger partial charge >= 0.3 is 0 Å². The number of benzene rings is 1. The molecule has 10 heteroatoms. The van der Waals surface area contributed by atoms with E-state index in [9.17, 15) is 0 Å². The molecule has 0 atom stereocenters. The van der Waals surface area contributed by atoms with Crippen molar-refractivity contribution in [3.8, 4) is 0 Å². The van der Waals surface area contributed by atoms with Gasteiger partial charge in [-0.3, -0.25) is 0 Å². The lowest BCUT2D eigenvalue weighted by molar-refractivity contribution is 0.832. The number of alkyl halides is 10. The van der Waals surface area contributed by atoms with Gasteiger partial charge in [0.25, 0.3) is 0 Å². The van der Waals surface area contributed by atoms with Gasteiger partial charge in [-0.2, -0.15) is 0 Å². The van der Waals surface area contributed by atoms with Gasteiger partial charge < -0.3 is 0 Å². The van der Waals surface area contributed by atoms with Gasteiger partial charge in [-0.05, 0) is 28.7 Å². The minimum absolute atomic E-state index is 0.237. The standard InChI is InChI=1S/C13H9Cl10/c1-6(2)8-4-3-7(10(14,15)12(18,19)20)5-9(8)11(16,17)13(21,22)23/h3-5H,1-2H3. The van der Waals surface area contributed by atoms with E-state index >= 15 is 0 Å². The third-order valence-electron chi connectivity index (χ3n) is 2.97. The highest BCUT2D eigenvalue weighted by atomic mass is 35.6. The van der Waals surface area contributed by atoms with E-state index in [0.29, 0.717) is 5.56 Å². The maximum atomic E-state index is 6.29. The van der Waals surface area contributed by atoms with Crippen LogP contribution in [0.25, 0.3) is 0 Å². The molecule has 1 rings (SSSR count). The van der Waals surface area contributed by atoms with Crippen LogP contribution in [0.4, 0.5) is 0 Å². The molecule has 0 aliphatic heterocycles. The molecule has 0 aliphatic rings. The molecule has 0 nitrogen and oxygen atoms in total. The molecule has 1 radical (unpaired) electrons. The van der Waals surface area contributed by atoms with Crippen LogP contribution in [0.3, 0.4) is 0 Å². The quantitative estimate of drug-likeness (QED) is 0.351. The van der Waals surface area contributed by atoms with Crippen molar-refractivity contribution in [1.29, 1.82) is 0 Å². The number of rotatable bonds is 3. The van der Waals surface area contributed by atoms with Gasteiger partial charge in [-0.15, -0.1) is 0 Å². The summed E-state index contributed by atoms with van der Waals surface area (Å²) in [5.74, 6) is 0.870. The maximum absolute atomic E-state index is 6.29. The molecule has 0 amide bonds. The Morgan fingerprint density at radius 3 is 1.48 bits per heavy atom. The summed E-state index contributed by atoms with van der Waals surface area (Å²) in [4.78, 5) is 0. The lowest BCUT2D eigenvalue weighted by Gasteiger charge is -2.33. The average molecular weight is 520 g/mol. The Morgan fingerprint density at radius 2 is 1.13 bits per heavy atom. The first-order chi connectivity index (χ1) is 10.0. The molecule has 0 aliphatic carbocycles. The van der Waals surface area contributed by atoms with Crippen molar-refractivity contribution in [2.45, 2.75) is 30.1 Å². The molecule has 0 N–H and O–H groups in total. The van der Waals surface area contributed by atoms with Gasteiger partial charge in [-0.25, -0.2) is 0 Å². The Kier molecular flexibility index (Phi) is 7.68. The van der Waals surface area contributed by atoms with E-state index in [4.69, 9.17) is 116 Å². The Labute approximate surface area is 185 Å². The van der Waals surface area contributed by atoms with Crippen LogP contribution in [0.2, 0.25) is 0 Å². The summed E-state index contributed by atoms with van der Waals surface area (Å²) in [7, 11) is 0. The Bertz CT molecular complexity index is 565. The summed E-state index contributed by atoms with van der Waals surface area (Å²) in [5, 5.41) is 0. The smallest absolute Gasteiger partial charge is 0.0915 e. The first-order valence-electron chi connectivity index (χ1n) is 5.88. The van der Waals surface area contributed by atoms with Crippen molar-refractivity contribution in [3.63, 3.8) is 0 Å². The Morgan fingerprint density at radius 1 is 0.696 bits per heavy atom. The summed E-state index contributed by atoms with van der Waals surface area (Å²) in [6.45, 7) is 3.68. The summed E-state index contributed by atoms with van der Waals surface area (Å²) < 4.78 is -7.80. The van der Waals surface area contributed by atoms with Crippen LogP contribution in [0, 0.1) is 5.92 Å². The lowest BCUT2D eigenvalue weighted by atomic mass is 9.92. The normalized spacial score (nSPS) is 14.5. The molecule has 1 aromatic carbocycles. The molecule has 0 aromatic heterocycles. The Hall–Kier alpha value is 2.12. The lowest BCUT2D eigenvalue weighted by Crippen LogP contribution is -2.32. The van der Waals surface area contributed by atoms with Crippen molar-refractivity contribution >= 4 is 116 Å². The minimum Gasteiger partial charge on any atom is -0.0915 e. The molecule has 0 bridgehead atoms. The minimum atomic E-state index is -2.03. The second-order valence-electron chi connectivity index (χ2n) is 4.90. The molecule has 0 saturated carbocycles. The van der Waals surface area contributed by atoms with E-state index in [0.717, 1.165) is 5.92 Å². The van der Waals surface area contributed by atoms with Crippen LogP contribution in [-0.2, 0) is 8.67 Å². The molecule has 0 heterocycles. The van der Waals surface area contributed by atoms with Gasteiger partial charge in [0.15, 0.2) is 8.67 Å². The summed E-state index contributed by atoms with van der Waals surface area (Å²) in [5.41, 5.74) is 1.16. The van der Waals surface area contributed by atoms with Crippen molar-refractivity contribution < 1.29 is 0 Å². The topological polar surface area (TPSA) is 0 Å². The SMILES string of the molecule is C[C](C)c1ccc(C(Cl)(Cl)C(Cl)(Cl)Cl)cc1C(Cl)(Cl)C(Cl)(Cl)Cl. The largest absolute Gasteiger partial charge is 0.227 e. The van der Waals surface area contributed by atoms with Crippen LogP contribution in [0.15, 0.2) is 18.2 Å².